The number of hydrogen-bond acceptors (Lipinski definition) is 2. The summed E-state index contributed by atoms with van der Waals surface area (Å²) < 4.78 is 0. The fourth-order valence-corrected chi connectivity index (χ4v) is 3.37. The van der Waals surface area contributed by atoms with Gasteiger partial charge in [-0.2, -0.15) is 0 Å². The summed E-state index contributed by atoms with van der Waals surface area (Å²) in [5.41, 5.74) is 0.864. The van der Waals surface area contributed by atoms with Gasteiger partial charge in [-0.3, -0.25) is 0 Å². The van der Waals surface area contributed by atoms with Crippen molar-refractivity contribution in [1.82, 2.24) is 9.97 Å². The highest BCUT2D eigenvalue weighted by Gasteiger charge is 2.26. The van der Waals surface area contributed by atoms with Gasteiger partial charge in [-0.1, -0.05) is 44.0 Å². The van der Waals surface area contributed by atoms with E-state index in [0.717, 1.165) is 30.1 Å². The Hall–Kier alpha value is -0.340. The van der Waals surface area contributed by atoms with Crippen LogP contribution in [0.3, 0.4) is 0 Å². The molecule has 1 aromatic rings. The van der Waals surface area contributed by atoms with Crippen molar-refractivity contribution in [2.24, 2.45) is 5.92 Å². The van der Waals surface area contributed by atoms with Gasteiger partial charge in [-0.05, 0) is 31.1 Å². The third kappa shape index (κ3) is 2.74. The number of nitrogens with zero attached hydrogens (tertiary/aromatic N) is 2. The molecule has 0 bridgehead atoms. The molecular formula is C13H18Cl2N2. The van der Waals surface area contributed by atoms with Crippen LogP contribution in [0.4, 0.5) is 0 Å². The van der Waals surface area contributed by atoms with Crippen LogP contribution in [0.2, 0.25) is 10.3 Å². The van der Waals surface area contributed by atoms with Gasteiger partial charge in [0, 0.05) is 11.5 Å². The Kier molecular flexibility index (Phi) is 3.94. The fraction of sp³-hybridized carbons (Fsp3) is 0.692. The molecule has 2 nitrogen and oxygen atoms in total. The molecule has 1 heterocycles. The molecule has 94 valence electrons. The lowest BCUT2D eigenvalue weighted by molar-refractivity contribution is 0.584. The second kappa shape index (κ2) is 5.11. The molecule has 1 fully saturated rings. The van der Waals surface area contributed by atoms with Crippen molar-refractivity contribution >= 4 is 23.2 Å². The first-order chi connectivity index (χ1) is 7.99. The highest BCUT2D eigenvalue weighted by atomic mass is 35.5. The smallest absolute Gasteiger partial charge is 0.137 e. The van der Waals surface area contributed by atoms with E-state index in [-0.39, 0.29) is 5.92 Å². The van der Waals surface area contributed by atoms with E-state index in [2.05, 4.69) is 16.9 Å². The third-order valence-corrected chi connectivity index (χ3v) is 4.08. The Labute approximate surface area is 113 Å². The number of rotatable bonds is 2. The molecule has 1 aliphatic carbocycles. The van der Waals surface area contributed by atoms with Crippen molar-refractivity contribution in [3.8, 4) is 0 Å². The maximum absolute atomic E-state index is 6.21. The molecule has 0 amide bonds. The summed E-state index contributed by atoms with van der Waals surface area (Å²) in [5, 5.41) is 1.05. The molecule has 1 aromatic heterocycles. The first-order valence-electron chi connectivity index (χ1n) is 6.21. The van der Waals surface area contributed by atoms with Gasteiger partial charge >= 0.3 is 0 Å². The number of halogens is 2. The lowest BCUT2D eigenvalue weighted by atomic mass is 10.0. The molecule has 2 atom stereocenters. The van der Waals surface area contributed by atoms with Gasteiger partial charge in [0.05, 0.1) is 0 Å². The summed E-state index contributed by atoms with van der Waals surface area (Å²) >= 11 is 12.4. The normalized spacial score (nSPS) is 24.6. The van der Waals surface area contributed by atoms with Crippen molar-refractivity contribution < 1.29 is 0 Å². The zero-order valence-electron chi connectivity index (χ0n) is 10.5. The molecule has 0 aliphatic heterocycles. The van der Waals surface area contributed by atoms with E-state index in [1.54, 1.807) is 0 Å². The largest absolute Gasteiger partial charge is 0.221 e. The molecule has 0 N–H and O–H groups in total. The van der Waals surface area contributed by atoms with E-state index < -0.39 is 0 Å². The summed E-state index contributed by atoms with van der Waals surface area (Å²) in [6.07, 6.45) is 3.54. The van der Waals surface area contributed by atoms with Gasteiger partial charge in [0.25, 0.3) is 0 Å². The summed E-state index contributed by atoms with van der Waals surface area (Å²) in [5.74, 6) is 2.27. The van der Waals surface area contributed by atoms with Gasteiger partial charge in [-0.25, -0.2) is 9.97 Å². The van der Waals surface area contributed by atoms with Crippen LogP contribution in [0.1, 0.15) is 63.3 Å². The summed E-state index contributed by atoms with van der Waals surface area (Å²) in [6.45, 7) is 6.37. The minimum Gasteiger partial charge on any atom is -0.221 e. The van der Waals surface area contributed by atoms with Crippen molar-refractivity contribution in [2.45, 2.75) is 51.9 Å². The highest BCUT2D eigenvalue weighted by Crippen LogP contribution is 2.38. The van der Waals surface area contributed by atoms with E-state index >= 15 is 0 Å². The fourth-order valence-electron chi connectivity index (χ4n) is 2.53. The predicted octanol–water partition coefficient (Wildman–Crippen LogP) is 4.81. The van der Waals surface area contributed by atoms with Crippen LogP contribution in [0.15, 0.2) is 0 Å². The van der Waals surface area contributed by atoms with Crippen molar-refractivity contribution in [3.05, 3.63) is 21.7 Å². The van der Waals surface area contributed by atoms with Crippen LogP contribution in [0.5, 0.6) is 0 Å². The van der Waals surface area contributed by atoms with E-state index in [0.29, 0.717) is 16.2 Å². The van der Waals surface area contributed by atoms with Crippen LogP contribution >= 0.6 is 23.2 Å². The van der Waals surface area contributed by atoms with E-state index in [4.69, 9.17) is 23.2 Å². The maximum Gasteiger partial charge on any atom is 0.137 e. The van der Waals surface area contributed by atoms with E-state index in [1.165, 1.54) is 6.42 Å². The molecule has 1 aliphatic rings. The second-order valence-electron chi connectivity index (χ2n) is 5.35. The molecule has 0 radical (unpaired) electrons. The molecular weight excluding hydrogens is 255 g/mol. The topological polar surface area (TPSA) is 25.8 Å². The lowest BCUT2D eigenvalue weighted by Gasteiger charge is -2.14. The van der Waals surface area contributed by atoms with Crippen LogP contribution < -0.4 is 0 Å². The first-order valence-corrected chi connectivity index (χ1v) is 6.97. The molecule has 2 unspecified atom stereocenters. The highest BCUT2D eigenvalue weighted by molar-refractivity contribution is 6.34. The van der Waals surface area contributed by atoms with Crippen molar-refractivity contribution in [1.29, 1.82) is 0 Å². The SMILES string of the molecule is CC1CCC(c2nc(Cl)c(C(C)C)c(Cl)n2)C1. The molecule has 0 spiro atoms. The standard InChI is InChI=1S/C13H18Cl2N2/c1-7(2)10-11(14)16-13(17-12(10)15)9-5-4-8(3)6-9/h7-9H,4-6H2,1-3H3. The monoisotopic (exact) mass is 272 g/mol. The van der Waals surface area contributed by atoms with Crippen molar-refractivity contribution in [2.75, 3.05) is 0 Å². The lowest BCUT2D eigenvalue weighted by Crippen LogP contribution is -2.05. The van der Waals surface area contributed by atoms with Crippen LogP contribution in [0.25, 0.3) is 0 Å². The van der Waals surface area contributed by atoms with E-state index in [1.807, 2.05) is 13.8 Å². The number of aromatic nitrogens is 2. The Bertz CT molecular complexity index is 395. The van der Waals surface area contributed by atoms with Crippen LogP contribution in [-0.2, 0) is 0 Å². The van der Waals surface area contributed by atoms with Gasteiger partial charge in [0.1, 0.15) is 16.1 Å². The second-order valence-corrected chi connectivity index (χ2v) is 6.06. The zero-order chi connectivity index (χ0) is 12.6. The van der Waals surface area contributed by atoms with Crippen molar-refractivity contribution in [3.63, 3.8) is 0 Å². The molecule has 0 aromatic carbocycles. The average molecular weight is 273 g/mol. The Morgan fingerprint density at radius 3 is 2.12 bits per heavy atom. The Balaban J connectivity index is 2.32. The van der Waals surface area contributed by atoms with Gasteiger partial charge < -0.3 is 0 Å². The molecule has 17 heavy (non-hydrogen) atoms. The number of hydrogen-bond donors (Lipinski definition) is 0. The Morgan fingerprint density at radius 2 is 1.71 bits per heavy atom. The van der Waals surface area contributed by atoms with Crippen LogP contribution in [0, 0.1) is 5.92 Å². The van der Waals surface area contributed by atoms with Gasteiger partial charge in [0.2, 0.25) is 0 Å². The zero-order valence-corrected chi connectivity index (χ0v) is 12.0. The van der Waals surface area contributed by atoms with E-state index in [9.17, 15) is 0 Å². The maximum atomic E-state index is 6.21. The minimum absolute atomic E-state index is 0.256. The van der Waals surface area contributed by atoms with Crippen LogP contribution in [-0.4, -0.2) is 9.97 Å². The molecule has 4 heteroatoms. The first kappa shape index (κ1) is 13.1. The van der Waals surface area contributed by atoms with Gasteiger partial charge in [-0.15, -0.1) is 0 Å². The predicted molar refractivity (Wildman–Crippen MR) is 71.9 cm³/mol. The minimum atomic E-state index is 0.256. The average Bonchev–Trinajstić information content (AvgIpc) is 2.63. The summed E-state index contributed by atoms with van der Waals surface area (Å²) in [4.78, 5) is 8.88. The summed E-state index contributed by atoms with van der Waals surface area (Å²) in [6, 6.07) is 0. The third-order valence-electron chi connectivity index (χ3n) is 3.51. The molecule has 2 rings (SSSR count). The van der Waals surface area contributed by atoms with Gasteiger partial charge in [0.15, 0.2) is 0 Å². The molecule has 0 saturated heterocycles. The summed E-state index contributed by atoms with van der Waals surface area (Å²) in [7, 11) is 0. The quantitative estimate of drug-likeness (QED) is 0.722. The molecule has 1 saturated carbocycles. The Morgan fingerprint density at radius 1 is 1.12 bits per heavy atom.